The fourth-order valence-corrected chi connectivity index (χ4v) is 4.37. The van der Waals surface area contributed by atoms with Crippen LogP contribution in [0.1, 0.15) is 24.0 Å². The number of hydrogen-bond donors (Lipinski definition) is 1. The van der Waals surface area contributed by atoms with Crippen LogP contribution >= 0.6 is 0 Å². The number of carbonyl (C=O) groups is 1. The Morgan fingerprint density at radius 1 is 1.10 bits per heavy atom. The van der Waals surface area contributed by atoms with Gasteiger partial charge in [0.1, 0.15) is 18.4 Å². The van der Waals surface area contributed by atoms with E-state index in [2.05, 4.69) is 17.3 Å². The van der Waals surface area contributed by atoms with E-state index in [-0.39, 0.29) is 12.6 Å². The number of rotatable bonds is 7. The molecule has 0 saturated carbocycles. The third kappa shape index (κ3) is 6.45. The highest BCUT2D eigenvalue weighted by molar-refractivity contribution is 7.92. The summed E-state index contributed by atoms with van der Waals surface area (Å²) in [4.78, 5) is 14.9. The normalized spacial score (nSPS) is 15.5. The lowest BCUT2D eigenvalue weighted by atomic mass is 10.1. The molecule has 1 fully saturated rings. The van der Waals surface area contributed by atoms with Crippen molar-refractivity contribution in [3.05, 3.63) is 53.6 Å². The Morgan fingerprint density at radius 2 is 1.74 bits per heavy atom. The van der Waals surface area contributed by atoms with Crippen LogP contribution in [0.25, 0.3) is 0 Å². The summed E-state index contributed by atoms with van der Waals surface area (Å²) in [6.07, 6.45) is 3.30. The second-order valence-electron chi connectivity index (χ2n) is 8.23. The maximum absolute atomic E-state index is 12.6. The first kappa shape index (κ1) is 23.1. The summed E-state index contributed by atoms with van der Waals surface area (Å²) in [5.74, 6) is 0.355. The van der Waals surface area contributed by atoms with E-state index in [4.69, 9.17) is 4.74 Å². The average Bonchev–Trinajstić information content (AvgIpc) is 2.71. The van der Waals surface area contributed by atoms with Gasteiger partial charge < -0.3 is 15.0 Å². The van der Waals surface area contributed by atoms with Crippen molar-refractivity contribution in [3.63, 3.8) is 0 Å². The topological polar surface area (TPSA) is 79.0 Å². The lowest BCUT2D eigenvalue weighted by Gasteiger charge is -2.29. The van der Waals surface area contributed by atoms with E-state index in [1.807, 2.05) is 32.0 Å². The number of piperidine rings is 1. The summed E-state index contributed by atoms with van der Waals surface area (Å²) in [6, 6.07) is 12.5. The van der Waals surface area contributed by atoms with Gasteiger partial charge in [-0.1, -0.05) is 6.07 Å². The molecular formula is C23H31N3O4S. The van der Waals surface area contributed by atoms with E-state index in [1.165, 1.54) is 0 Å². The molecule has 2 aromatic carbocycles. The van der Waals surface area contributed by atoms with Gasteiger partial charge in [0.15, 0.2) is 0 Å². The summed E-state index contributed by atoms with van der Waals surface area (Å²) in [5.41, 5.74) is 3.09. The number of nitrogens with zero attached hydrogens (tertiary/aromatic N) is 2. The van der Waals surface area contributed by atoms with Crippen LogP contribution in [0.15, 0.2) is 42.5 Å². The monoisotopic (exact) mass is 445 g/mol. The van der Waals surface area contributed by atoms with Crippen LogP contribution in [-0.4, -0.2) is 58.3 Å². The predicted octanol–water partition coefficient (Wildman–Crippen LogP) is 3.18. The molecule has 0 unspecified atom stereocenters. The Morgan fingerprint density at radius 3 is 2.32 bits per heavy atom. The standard InChI is InChI=1S/C23H31N3O4S/c1-17-5-8-20(15-18(17)2)26(31(4,28)29)16-23(27)24-19-6-9-21(10-7-19)30-22-11-13-25(3)14-12-22/h5-10,15,22H,11-14,16H2,1-4H3,(H,24,27). The third-order valence-corrected chi connectivity index (χ3v) is 6.71. The van der Waals surface area contributed by atoms with Crippen molar-refractivity contribution in [3.8, 4) is 5.75 Å². The van der Waals surface area contributed by atoms with Crippen LogP contribution in [0.5, 0.6) is 5.75 Å². The Kier molecular flexibility index (Phi) is 7.23. The SMILES string of the molecule is Cc1ccc(N(CC(=O)Nc2ccc(OC3CCN(C)CC3)cc2)S(C)(=O)=O)cc1C. The molecule has 8 heteroatoms. The molecule has 0 aromatic heterocycles. The van der Waals surface area contributed by atoms with Gasteiger partial charge in [0.2, 0.25) is 15.9 Å². The first-order valence-corrected chi connectivity index (χ1v) is 12.3. The van der Waals surface area contributed by atoms with Gasteiger partial charge in [-0.2, -0.15) is 0 Å². The highest BCUT2D eigenvalue weighted by Crippen LogP contribution is 2.23. The molecule has 0 atom stereocenters. The lowest BCUT2D eigenvalue weighted by molar-refractivity contribution is -0.114. The number of ether oxygens (including phenoxy) is 1. The average molecular weight is 446 g/mol. The summed E-state index contributed by atoms with van der Waals surface area (Å²) in [7, 11) is -1.50. The number of benzene rings is 2. The largest absolute Gasteiger partial charge is 0.490 e. The van der Waals surface area contributed by atoms with E-state index in [0.29, 0.717) is 11.4 Å². The highest BCUT2D eigenvalue weighted by Gasteiger charge is 2.22. The van der Waals surface area contributed by atoms with E-state index in [0.717, 1.165) is 53.4 Å². The number of likely N-dealkylation sites (tertiary alicyclic amines) is 1. The molecule has 1 saturated heterocycles. The molecule has 168 valence electrons. The summed E-state index contributed by atoms with van der Waals surface area (Å²) >= 11 is 0. The van der Waals surface area contributed by atoms with Crippen molar-refractivity contribution in [2.75, 3.05) is 42.6 Å². The molecule has 0 radical (unpaired) electrons. The number of anilines is 2. The van der Waals surface area contributed by atoms with Gasteiger partial charge in [0.25, 0.3) is 0 Å². The lowest BCUT2D eigenvalue weighted by Crippen LogP contribution is -2.37. The quantitative estimate of drug-likeness (QED) is 0.708. The van der Waals surface area contributed by atoms with E-state index < -0.39 is 15.9 Å². The van der Waals surface area contributed by atoms with Gasteiger partial charge in [0, 0.05) is 18.8 Å². The molecule has 3 rings (SSSR count). The molecule has 1 aliphatic heterocycles. The van der Waals surface area contributed by atoms with Gasteiger partial charge in [-0.15, -0.1) is 0 Å². The number of hydrogen-bond acceptors (Lipinski definition) is 5. The first-order chi connectivity index (χ1) is 14.6. The summed E-state index contributed by atoms with van der Waals surface area (Å²) in [6.45, 7) is 5.62. The zero-order chi connectivity index (χ0) is 22.6. The molecule has 1 heterocycles. The summed E-state index contributed by atoms with van der Waals surface area (Å²) in [5, 5.41) is 2.77. The molecule has 0 spiro atoms. The highest BCUT2D eigenvalue weighted by atomic mass is 32.2. The number of aryl methyl sites for hydroxylation is 2. The predicted molar refractivity (Wildman–Crippen MR) is 124 cm³/mol. The van der Waals surface area contributed by atoms with E-state index >= 15 is 0 Å². The molecule has 2 aromatic rings. The minimum absolute atomic E-state index is 0.206. The van der Waals surface area contributed by atoms with Gasteiger partial charge in [-0.25, -0.2) is 8.42 Å². The number of carbonyl (C=O) groups excluding carboxylic acids is 1. The van der Waals surface area contributed by atoms with Crippen molar-refractivity contribution in [2.45, 2.75) is 32.8 Å². The number of sulfonamides is 1. The van der Waals surface area contributed by atoms with Gasteiger partial charge in [0.05, 0.1) is 11.9 Å². The molecule has 0 aliphatic carbocycles. The van der Waals surface area contributed by atoms with Crippen LogP contribution in [-0.2, 0) is 14.8 Å². The van der Waals surface area contributed by atoms with Gasteiger partial charge in [-0.3, -0.25) is 9.10 Å². The Labute approximate surface area is 185 Å². The Hall–Kier alpha value is -2.58. The number of nitrogens with one attached hydrogen (secondary N) is 1. The first-order valence-electron chi connectivity index (χ1n) is 10.4. The Bertz CT molecular complexity index is 1010. The van der Waals surface area contributed by atoms with Crippen molar-refractivity contribution in [1.29, 1.82) is 0 Å². The minimum Gasteiger partial charge on any atom is -0.490 e. The smallest absolute Gasteiger partial charge is 0.245 e. The second-order valence-corrected chi connectivity index (χ2v) is 10.1. The summed E-state index contributed by atoms with van der Waals surface area (Å²) < 4.78 is 31.7. The third-order valence-electron chi connectivity index (χ3n) is 5.57. The van der Waals surface area contributed by atoms with Crippen molar-refractivity contribution >= 4 is 27.3 Å². The van der Waals surface area contributed by atoms with Crippen LogP contribution in [0.3, 0.4) is 0 Å². The Balaban J connectivity index is 1.62. The molecule has 31 heavy (non-hydrogen) atoms. The molecular weight excluding hydrogens is 414 g/mol. The van der Waals surface area contributed by atoms with Crippen molar-refractivity contribution < 1.29 is 17.9 Å². The minimum atomic E-state index is -3.61. The van der Waals surface area contributed by atoms with Crippen LogP contribution < -0.4 is 14.4 Å². The van der Waals surface area contributed by atoms with Crippen LogP contribution in [0.2, 0.25) is 0 Å². The fraction of sp³-hybridized carbons (Fsp3) is 0.435. The van der Waals surface area contributed by atoms with Crippen LogP contribution in [0.4, 0.5) is 11.4 Å². The van der Waals surface area contributed by atoms with Crippen molar-refractivity contribution in [2.24, 2.45) is 0 Å². The molecule has 1 N–H and O–H groups in total. The van der Waals surface area contributed by atoms with Crippen molar-refractivity contribution in [1.82, 2.24) is 4.90 Å². The van der Waals surface area contributed by atoms with E-state index in [1.54, 1.807) is 24.3 Å². The molecule has 1 amide bonds. The van der Waals surface area contributed by atoms with Crippen LogP contribution in [0, 0.1) is 13.8 Å². The maximum atomic E-state index is 12.6. The molecule has 7 nitrogen and oxygen atoms in total. The zero-order valence-electron chi connectivity index (χ0n) is 18.6. The van der Waals surface area contributed by atoms with Gasteiger partial charge >= 0.3 is 0 Å². The number of amides is 1. The molecule has 0 bridgehead atoms. The second kappa shape index (κ2) is 9.70. The van der Waals surface area contributed by atoms with Gasteiger partial charge in [-0.05, 0) is 81.3 Å². The van der Waals surface area contributed by atoms with E-state index in [9.17, 15) is 13.2 Å². The molecule has 1 aliphatic rings. The zero-order valence-corrected chi connectivity index (χ0v) is 19.4. The fourth-order valence-electron chi connectivity index (χ4n) is 3.52. The maximum Gasteiger partial charge on any atom is 0.245 e.